The zero-order valence-corrected chi connectivity index (χ0v) is 19.7. The maximum atomic E-state index is 14.4. The Hall–Kier alpha value is -2.95. The minimum Gasteiger partial charge on any atom is -0.323 e. The van der Waals surface area contributed by atoms with Gasteiger partial charge in [0.2, 0.25) is 0 Å². The molecule has 0 unspecified atom stereocenters. The Morgan fingerprint density at radius 2 is 2.15 bits per heavy atom. The van der Waals surface area contributed by atoms with Gasteiger partial charge < -0.3 is 5.32 Å². The van der Waals surface area contributed by atoms with Crippen molar-refractivity contribution < 1.29 is 4.39 Å². The number of hydrogen-bond acceptors (Lipinski definition) is 5. The predicted molar refractivity (Wildman–Crippen MR) is 128 cm³/mol. The summed E-state index contributed by atoms with van der Waals surface area (Å²) >= 11 is 5.97. The summed E-state index contributed by atoms with van der Waals surface area (Å²) in [5.41, 5.74) is 3.01. The fourth-order valence-electron chi connectivity index (χ4n) is 4.61. The van der Waals surface area contributed by atoms with Crippen molar-refractivity contribution in [3.05, 3.63) is 69.8 Å². The van der Waals surface area contributed by atoms with Gasteiger partial charge in [-0.05, 0) is 63.3 Å². The molecule has 4 rings (SSSR count). The molecule has 1 aromatic carbocycles. The Bertz CT molecular complexity index is 1150. The molecule has 3 aromatic rings. The second-order valence-electron chi connectivity index (χ2n) is 8.70. The van der Waals surface area contributed by atoms with Gasteiger partial charge in [0.25, 0.3) is 0 Å². The highest BCUT2D eigenvalue weighted by atomic mass is 35.5. The molecule has 3 heterocycles. The third kappa shape index (κ3) is 5.52. The van der Waals surface area contributed by atoms with E-state index in [-0.39, 0.29) is 10.8 Å². The summed E-state index contributed by atoms with van der Waals surface area (Å²) in [6, 6.07) is 13.4. The van der Waals surface area contributed by atoms with Crippen LogP contribution in [0.4, 0.5) is 16.0 Å². The highest BCUT2D eigenvalue weighted by Crippen LogP contribution is 2.31. The minimum atomic E-state index is -0.324. The first-order valence-corrected chi connectivity index (χ1v) is 11.7. The summed E-state index contributed by atoms with van der Waals surface area (Å²) in [4.78, 5) is 7.08. The number of aromatic nitrogens is 3. The van der Waals surface area contributed by atoms with Crippen LogP contribution in [0, 0.1) is 30.0 Å². The molecule has 33 heavy (non-hydrogen) atoms. The standard InChI is InChI=1S/C25H28ClFN6/c1-3-20-12-17(9-10-33(20)15-19-5-4-6-21(26)25(19)27)13-22-18(14-28)7-8-23(29-22)30-24-11-16(2)31-32-24/h4-8,11,17,20H,3,9-10,12-13,15H2,1-2H3,(H2,29,30,31,32)/t17-,20-/m1/s1. The van der Waals surface area contributed by atoms with Crippen molar-refractivity contribution in [1.82, 2.24) is 20.1 Å². The number of hydrogen-bond donors (Lipinski definition) is 2. The Balaban J connectivity index is 1.44. The van der Waals surface area contributed by atoms with Crippen molar-refractivity contribution in [1.29, 1.82) is 5.26 Å². The van der Waals surface area contributed by atoms with Gasteiger partial charge in [0, 0.05) is 29.9 Å². The number of rotatable bonds is 7. The summed E-state index contributed by atoms with van der Waals surface area (Å²) in [7, 11) is 0. The van der Waals surface area contributed by atoms with Gasteiger partial charge in [-0.1, -0.05) is 30.7 Å². The molecule has 172 valence electrons. The number of aromatic amines is 1. The van der Waals surface area contributed by atoms with Gasteiger partial charge >= 0.3 is 0 Å². The molecule has 2 aromatic heterocycles. The van der Waals surface area contributed by atoms with E-state index in [1.165, 1.54) is 0 Å². The molecule has 0 amide bonds. The van der Waals surface area contributed by atoms with Gasteiger partial charge in [0.15, 0.2) is 5.82 Å². The van der Waals surface area contributed by atoms with Gasteiger partial charge in [-0.15, -0.1) is 0 Å². The molecule has 1 saturated heterocycles. The molecule has 1 fully saturated rings. The summed E-state index contributed by atoms with van der Waals surface area (Å²) in [6.07, 6.45) is 3.69. The normalized spacial score (nSPS) is 18.8. The number of pyridine rings is 1. The fraction of sp³-hybridized carbons (Fsp3) is 0.400. The number of likely N-dealkylation sites (tertiary alicyclic amines) is 1. The highest BCUT2D eigenvalue weighted by molar-refractivity contribution is 6.30. The summed E-state index contributed by atoms with van der Waals surface area (Å²) < 4.78 is 14.4. The zero-order chi connectivity index (χ0) is 23.4. The van der Waals surface area contributed by atoms with E-state index in [1.807, 2.05) is 31.2 Å². The van der Waals surface area contributed by atoms with E-state index >= 15 is 0 Å². The fourth-order valence-corrected chi connectivity index (χ4v) is 4.80. The third-order valence-corrected chi connectivity index (χ3v) is 6.65. The van der Waals surface area contributed by atoms with Gasteiger partial charge in [-0.3, -0.25) is 10.00 Å². The lowest BCUT2D eigenvalue weighted by atomic mass is 9.85. The number of aryl methyl sites for hydroxylation is 1. The van der Waals surface area contributed by atoms with Crippen molar-refractivity contribution in [2.45, 2.75) is 52.1 Å². The van der Waals surface area contributed by atoms with Crippen LogP contribution < -0.4 is 5.32 Å². The van der Waals surface area contributed by atoms with Crippen LogP contribution in [0.25, 0.3) is 0 Å². The SMILES string of the molecule is CC[C@@H]1C[C@H](Cc2nc(Nc3cc(C)[nH]n3)ccc2C#N)CCN1Cc1cccc(Cl)c1F. The molecule has 1 aliphatic heterocycles. The number of nitriles is 1. The molecular weight excluding hydrogens is 439 g/mol. The van der Waals surface area contributed by atoms with Crippen LogP contribution in [0.5, 0.6) is 0 Å². The van der Waals surface area contributed by atoms with E-state index in [9.17, 15) is 9.65 Å². The number of benzene rings is 1. The van der Waals surface area contributed by atoms with Gasteiger partial charge in [0.1, 0.15) is 17.7 Å². The number of anilines is 2. The Labute approximate surface area is 198 Å². The van der Waals surface area contributed by atoms with E-state index in [4.69, 9.17) is 16.6 Å². The van der Waals surface area contributed by atoms with E-state index in [0.717, 1.165) is 43.6 Å². The summed E-state index contributed by atoms with van der Waals surface area (Å²) in [5, 5.41) is 20.1. The molecule has 0 aliphatic carbocycles. The third-order valence-electron chi connectivity index (χ3n) is 6.36. The zero-order valence-electron chi connectivity index (χ0n) is 18.9. The molecule has 8 heteroatoms. The van der Waals surface area contributed by atoms with Crippen LogP contribution >= 0.6 is 11.6 Å². The molecular formula is C25H28ClFN6. The number of piperidine rings is 1. The summed E-state index contributed by atoms with van der Waals surface area (Å²) in [6.45, 7) is 5.54. The number of nitrogens with zero attached hydrogens (tertiary/aromatic N) is 4. The first-order valence-electron chi connectivity index (χ1n) is 11.3. The van der Waals surface area contributed by atoms with Crippen molar-refractivity contribution in [3.63, 3.8) is 0 Å². The molecule has 1 aliphatic rings. The van der Waals surface area contributed by atoms with Crippen LogP contribution in [0.15, 0.2) is 36.4 Å². The van der Waals surface area contributed by atoms with Gasteiger partial charge in [-0.2, -0.15) is 10.4 Å². The van der Waals surface area contributed by atoms with Crippen molar-refractivity contribution in [2.75, 3.05) is 11.9 Å². The molecule has 0 radical (unpaired) electrons. The Morgan fingerprint density at radius 3 is 2.88 bits per heavy atom. The van der Waals surface area contributed by atoms with Crippen LogP contribution in [0.2, 0.25) is 5.02 Å². The number of H-pyrrole nitrogens is 1. The van der Waals surface area contributed by atoms with Crippen LogP contribution in [0.3, 0.4) is 0 Å². The second kappa shape index (κ2) is 10.3. The van der Waals surface area contributed by atoms with E-state index < -0.39 is 0 Å². The Kier molecular flexibility index (Phi) is 7.26. The first kappa shape index (κ1) is 23.2. The average molecular weight is 467 g/mol. The van der Waals surface area contributed by atoms with E-state index in [2.05, 4.69) is 33.4 Å². The molecule has 6 nitrogen and oxygen atoms in total. The number of halogens is 2. The summed E-state index contributed by atoms with van der Waals surface area (Å²) in [5.74, 6) is 1.47. The van der Waals surface area contributed by atoms with E-state index in [1.54, 1.807) is 12.1 Å². The molecule has 2 N–H and O–H groups in total. The predicted octanol–water partition coefficient (Wildman–Crippen LogP) is 5.75. The molecule has 0 bridgehead atoms. The van der Waals surface area contributed by atoms with Gasteiger partial charge in [0.05, 0.1) is 16.3 Å². The lowest BCUT2D eigenvalue weighted by Gasteiger charge is -2.39. The van der Waals surface area contributed by atoms with Crippen molar-refractivity contribution in [3.8, 4) is 6.07 Å². The maximum absolute atomic E-state index is 14.4. The first-order chi connectivity index (χ1) is 16.0. The van der Waals surface area contributed by atoms with Crippen molar-refractivity contribution >= 4 is 23.2 Å². The topological polar surface area (TPSA) is 80.6 Å². The van der Waals surface area contributed by atoms with Gasteiger partial charge in [-0.25, -0.2) is 9.37 Å². The Morgan fingerprint density at radius 1 is 1.30 bits per heavy atom. The van der Waals surface area contributed by atoms with Crippen LogP contribution in [-0.4, -0.2) is 32.7 Å². The highest BCUT2D eigenvalue weighted by Gasteiger charge is 2.29. The maximum Gasteiger partial charge on any atom is 0.153 e. The molecule has 0 spiro atoms. The smallest absolute Gasteiger partial charge is 0.153 e. The van der Waals surface area contributed by atoms with Crippen LogP contribution in [-0.2, 0) is 13.0 Å². The van der Waals surface area contributed by atoms with Crippen molar-refractivity contribution in [2.24, 2.45) is 5.92 Å². The minimum absolute atomic E-state index is 0.170. The lowest BCUT2D eigenvalue weighted by Crippen LogP contribution is -2.42. The molecule has 0 saturated carbocycles. The quantitative estimate of drug-likeness (QED) is 0.463. The largest absolute Gasteiger partial charge is 0.323 e. The second-order valence-corrected chi connectivity index (χ2v) is 9.11. The monoisotopic (exact) mass is 466 g/mol. The average Bonchev–Trinajstić information content (AvgIpc) is 3.22. The molecule has 2 atom stereocenters. The lowest BCUT2D eigenvalue weighted by molar-refractivity contribution is 0.0996. The van der Waals surface area contributed by atoms with E-state index in [0.29, 0.717) is 41.3 Å². The van der Waals surface area contributed by atoms with Crippen LogP contribution in [0.1, 0.15) is 48.7 Å². The number of nitrogens with one attached hydrogen (secondary N) is 2.